The molecule has 3 nitrogen and oxygen atoms in total. The molecule has 0 atom stereocenters. The molecule has 1 aromatic heterocycles. The molecule has 0 radical (unpaired) electrons. The molecule has 0 saturated carbocycles. The number of hydrogen-bond acceptors (Lipinski definition) is 3. The van der Waals surface area contributed by atoms with Gasteiger partial charge in [0.2, 0.25) is 0 Å². The van der Waals surface area contributed by atoms with Crippen LogP contribution in [0.3, 0.4) is 0 Å². The second-order valence-electron chi connectivity index (χ2n) is 2.90. The van der Waals surface area contributed by atoms with Gasteiger partial charge in [-0.15, -0.1) is 11.3 Å². The molecule has 0 N–H and O–H groups in total. The van der Waals surface area contributed by atoms with Gasteiger partial charge in [-0.05, 0) is 23.1 Å². The van der Waals surface area contributed by atoms with Gasteiger partial charge in [0.25, 0.3) is 5.69 Å². The standard InChI is InChI=1S/C10H6ClNO2S/c11-8-3-1-7(2-4-8)10-9(12(13)14)5-6-15-10/h1-6H. The van der Waals surface area contributed by atoms with E-state index in [0.29, 0.717) is 9.90 Å². The van der Waals surface area contributed by atoms with Crippen molar-refractivity contribution in [3.8, 4) is 10.4 Å². The molecule has 0 spiro atoms. The van der Waals surface area contributed by atoms with Gasteiger partial charge in [-0.1, -0.05) is 23.7 Å². The summed E-state index contributed by atoms with van der Waals surface area (Å²) in [4.78, 5) is 11.0. The summed E-state index contributed by atoms with van der Waals surface area (Å²) in [7, 11) is 0. The third-order valence-corrected chi connectivity index (χ3v) is 3.15. The van der Waals surface area contributed by atoms with Gasteiger partial charge in [0.1, 0.15) is 4.88 Å². The summed E-state index contributed by atoms with van der Waals surface area (Å²) in [5, 5.41) is 13.0. The molecule has 0 unspecified atom stereocenters. The summed E-state index contributed by atoms with van der Waals surface area (Å²) in [5.74, 6) is 0. The Morgan fingerprint density at radius 2 is 1.87 bits per heavy atom. The largest absolute Gasteiger partial charge is 0.287 e. The monoisotopic (exact) mass is 239 g/mol. The quantitative estimate of drug-likeness (QED) is 0.588. The molecule has 2 aromatic rings. The highest BCUT2D eigenvalue weighted by Gasteiger charge is 2.16. The maximum absolute atomic E-state index is 10.7. The molecule has 0 aliphatic carbocycles. The average Bonchev–Trinajstić information content (AvgIpc) is 2.67. The second kappa shape index (κ2) is 4.00. The van der Waals surface area contributed by atoms with Crippen molar-refractivity contribution in [3.63, 3.8) is 0 Å². The first kappa shape index (κ1) is 10.1. The zero-order valence-corrected chi connectivity index (χ0v) is 9.09. The molecule has 0 bridgehead atoms. The Kier molecular flexibility index (Phi) is 2.70. The van der Waals surface area contributed by atoms with E-state index in [4.69, 9.17) is 11.6 Å². The van der Waals surface area contributed by atoms with Crippen LogP contribution in [0.25, 0.3) is 10.4 Å². The van der Waals surface area contributed by atoms with Crippen LogP contribution in [-0.4, -0.2) is 4.92 Å². The molecule has 0 fully saturated rings. The number of thiophene rings is 1. The fourth-order valence-corrected chi connectivity index (χ4v) is 2.26. The van der Waals surface area contributed by atoms with E-state index in [1.165, 1.54) is 17.4 Å². The number of benzene rings is 1. The van der Waals surface area contributed by atoms with Gasteiger partial charge in [0.05, 0.1) is 4.92 Å². The van der Waals surface area contributed by atoms with Crippen LogP contribution in [0.5, 0.6) is 0 Å². The van der Waals surface area contributed by atoms with Crippen molar-refractivity contribution in [1.29, 1.82) is 0 Å². The Morgan fingerprint density at radius 1 is 1.20 bits per heavy atom. The molecular weight excluding hydrogens is 234 g/mol. The Labute approximate surface area is 95.1 Å². The van der Waals surface area contributed by atoms with Gasteiger partial charge in [-0.3, -0.25) is 10.1 Å². The smallest absolute Gasteiger partial charge is 0.258 e. The summed E-state index contributed by atoms with van der Waals surface area (Å²) in [6.45, 7) is 0. The van der Waals surface area contributed by atoms with E-state index in [-0.39, 0.29) is 10.6 Å². The predicted molar refractivity (Wildman–Crippen MR) is 61.4 cm³/mol. The summed E-state index contributed by atoms with van der Waals surface area (Å²) in [6.07, 6.45) is 0. The molecule has 0 amide bonds. The van der Waals surface area contributed by atoms with Gasteiger partial charge < -0.3 is 0 Å². The molecule has 0 aliphatic heterocycles. The number of hydrogen-bond donors (Lipinski definition) is 0. The normalized spacial score (nSPS) is 10.2. The van der Waals surface area contributed by atoms with Crippen molar-refractivity contribution in [2.24, 2.45) is 0 Å². The van der Waals surface area contributed by atoms with E-state index in [1.807, 2.05) is 0 Å². The maximum atomic E-state index is 10.7. The fourth-order valence-electron chi connectivity index (χ4n) is 1.26. The highest BCUT2D eigenvalue weighted by molar-refractivity contribution is 7.14. The van der Waals surface area contributed by atoms with Crippen LogP contribution in [0.4, 0.5) is 5.69 Å². The number of nitrogens with zero attached hydrogens (tertiary/aromatic N) is 1. The number of nitro groups is 1. The van der Waals surface area contributed by atoms with Gasteiger partial charge in [-0.25, -0.2) is 0 Å². The molecule has 76 valence electrons. The van der Waals surface area contributed by atoms with E-state index in [2.05, 4.69) is 0 Å². The summed E-state index contributed by atoms with van der Waals surface area (Å²) in [6, 6.07) is 8.51. The van der Waals surface area contributed by atoms with E-state index >= 15 is 0 Å². The Balaban J connectivity index is 2.49. The van der Waals surface area contributed by atoms with Crippen molar-refractivity contribution in [3.05, 3.63) is 50.8 Å². The van der Waals surface area contributed by atoms with Gasteiger partial charge >= 0.3 is 0 Å². The minimum Gasteiger partial charge on any atom is -0.258 e. The highest BCUT2D eigenvalue weighted by atomic mass is 35.5. The number of rotatable bonds is 2. The van der Waals surface area contributed by atoms with E-state index in [0.717, 1.165) is 5.56 Å². The van der Waals surface area contributed by atoms with Gasteiger partial charge in [0.15, 0.2) is 0 Å². The Bertz CT molecular complexity index is 492. The highest BCUT2D eigenvalue weighted by Crippen LogP contribution is 2.35. The third-order valence-electron chi connectivity index (χ3n) is 1.95. The lowest BCUT2D eigenvalue weighted by Gasteiger charge is -1.97. The van der Waals surface area contributed by atoms with E-state index < -0.39 is 0 Å². The molecule has 0 saturated heterocycles. The zero-order valence-electron chi connectivity index (χ0n) is 7.51. The van der Waals surface area contributed by atoms with Crippen molar-refractivity contribution in [2.45, 2.75) is 0 Å². The average molecular weight is 240 g/mol. The maximum Gasteiger partial charge on any atom is 0.287 e. The van der Waals surface area contributed by atoms with Crippen LogP contribution < -0.4 is 0 Å². The fraction of sp³-hybridized carbons (Fsp3) is 0. The van der Waals surface area contributed by atoms with Crippen LogP contribution in [0.15, 0.2) is 35.7 Å². The zero-order chi connectivity index (χ0) is 10.8. The first-order chi connectivity index (χ1) is 7.18. The molecule has 2 rings (SSSR count). The minimum atomic E-state index is -0.375. The van der Waals surface area contributed by atoms with Crippen LogP contribution >= 0.6 is 22.9 Å². The van der Waals surface area contributed by atoms with Crippen LogP contribution in [0.2, 0.25) is 5.02 Å². The lowest BCUT2D eigenvalue weighted by Crippen LogP contribution is -1.86. The van der Waals surface area contributed by atoms with Crippen LogP contribution in [0.1, 0.15) is 0 Å². The lowest BCUT2D eigenvalue weighted by atomic mass is 10.2. The third kappa shape index (κ3) is 2.00. The molecule has 1 aromatic carbocycles. The van der Waals surface area contributed by atoms with Gasteiger partial charge in [0, 0.05) is 11.1 Å². The second-order valence-corrected chi connectivity index (χ2v) is 4.25. The predicted octanol–water partition coefficient (Wildman–Crippen LogP) is 3.98. The first-order valence-electron chi connectivity index (χ1n) is 4.16. The Hall–Kier alpha value is -1.39. The van der Waals surface area contributed by atoms with Crippen LogP contribution in [-0.2, 0) is 0 Å². The van der Waals surface area contributed by atoms with Crippen molar-refractivity contribution in [1.82, 2.24) is 0 Å². The van der Waals surface area contributed by atoms with E-state index in [1.54, 1.807) is 29.6 Å². The van der Waals surface area contributed by atoms with Gasteiger partial charge in [-0.2, -0.15) is 0 Å². The molecule has 1 heterocycles. The number of halogens is 1. The van der Waals surface area contributed by atoms with E-state index in [9.17, 15) is 10.1 Å². The Morgan fingerprint density at radius 3 is 2.47 bits per heavy atom. The van der Waals surface area contributed by atoms with Crippen LogP contribution in [0, 0.1) is 10.1 Å². The molecule has 0 aliphatic rings. The summed E-state index contributed by atoms with van der Waals surface area (Å²) >= 11 is 7.10. The van der Waals surface area contributed by atoms with Crippen molar-refractivity contribution < 1.29 is 4.92 Å². The summed E-state index contributed by atoms with van der Waals surface area (Å²) in [5.41, 5.74) is 0.962. The topological polar surface area (TPSA) is 43.1 Å². The molecule has 15 heavy (non-hydrogen) atoms. The lowest BCUT2D eigenvalue weighted by molar-refractivity contribution is -0.383. The molecular formula is C10H6ClNO2S. The van der Waals surface area contributed by atoms with Crippen molar-refractivity contribution >= 4 is 28.6 Å². The molecule has 5 heteroatoms. The first-order valence-corrected chi connectivity index (χ1v) is 5.42. The van der Waals surface area contributed by atoms with Crippen molar-refractivity contribution in [2.75, 3.05) is 0 Å². The SMILES string of the molecule is O=[N+]([O-])c1ccsc1-c1ccc(Cl)cc1. The minimum absolute atomic E-state index is 0.141. The summed E-state index contributed by atoms with van der Waals surface area (Å²) < 4.78 is 0.